The molecule has 0 aliphatic carbocycles. The highest BCUT2D eigenvalue weighted by Crippen LogP contribution is 2.28. The Morgan fingerprint density at radius 2 is 1.62 bits per heavy atom. The van der Waals surface area contributed by atoms with Crippen molar-refractivity contribution >= 4 is 29.6 Å². The second kappa shape index (κ2) is 10.5. The van der Waals surface area contributed by atoms with Gasteiger partial charge in [-0.2, -0.15) is 0 Å². The molecule has 1 aromatic carbocycles. The molecule has 0 N–H and O–H groups in total. The number of hydrogen-bond donors (Lipinski definition) is 0. The van der Waals surface area contributed by atoms with Crippen molar-refractivity contribution in [3.8, 4) is 0 Å². The van der Waals surface area contributed by atoms with Crippen molar-refractivity contribution in [3.05, 3.63) is 35.9 Å². The number of benzene rings is 1. The summed E-state index contributed by atoms with van der Waals surface area (Å²) in [4.78, 5) is 38.5. The van der Waals surface area contributed by atoms with Crippen molar-refractivity contribution in [1.82, 2.24) is 4.90 Å². The molecule has 1 amide bonds. The number of carbonyl (C=O) groups excluding carboxylic acids is 3. The van der Waals surface area contributed by atoms with Crippen LogP contribution in [0.15, 0.2) is 30.3 Å². The van der Waals surface area contributed by atoms with Crippen molar-refractivity contribution in [2.45, 2.75) is 59.8 Å². The summed E-state index contributed by atoms with van der Waals surface area (Å²) in [6.45, 7) is 9.81. The number of amides is 1. The molecule has 1 unspecified atom stereocenters. The summed E-state index contributed by atoms with van der Waals surface area (Å²) in [6.07, 6.45) is -0.817. The summed E-state index contributed by atoms with van der Waals surface area (Å²) < 4.78 is 15.6. The quantitative estimate of drug-likeness (QED) is 0.352. The maximum atomic E-state index is 12.7. The SMILES string of the molecule is CC(N(CC(=O)OC(C)(C)C)C(=O)OCCl)C(C)(C)C(=O)OCc1ccccc1. The number of ether oxygens (including phenoxy) is 3. The van der Waals surface area contributed by atoms with Crippen LogP contribution in [0.5, 0.6) is 0 Å². The van der Waals surface area contributed by atoms with E-state index in [1.54, 1.807) is 41.5 Å². The van der Waals surface area contributed by atoms with Gasteiger partial charge in [0.2, 0.25) is 0 Å². The van der Waals surface area contributed by atoms with Crippen LogP contribution in [0.4, 0.5) is 4.79 Å². The maximum absolute atomic E-state index is 12.7. The van der Waals surface area contributed by atoms with Gasteiger partial charge in [0.1, 0.15) is 18.8 Å². The van der Waals surface area contributed by atoms with Crippen LogP contribution in [-0.2, 0) is 30.4 Å². The lowest BCUT2D eigenvalue weighted by atomic mass is 9.84. The zero-order valence-electron chi connectivity index (χ0n) is 17.9. The van der Waals surface area contributed by atoms with Crippen LogP contribution < -0.4 is 0 Å². The summed E-state index contributed by atoms with van der Waals surface area (Å²) in [7, 11) is 0. The van der Waals surface area contributed by atoms with E-state index < -0.39 is 35.1 Å². The topological polar surface area (TPSA) is 82.1 Å². The Labute approximate surface area is 177 Å². The first-order chi connectivity index (χ1) is 13.4. The number of carbonyl (C=O) groups is 3. The molecule has 29 heavy (non-hydrogen) atoms. The van der Waals surface area contributed by atoms with Crippen molar-refractivity contribution < 1.29 is 28.6 Å². The standard InChI is InChI=1S/C21H30ClNO6/c1-15(21(5,6)18(25)27-13-16-10-8-7-9-11-16)23(19(26)28-14-22)12-17(24)29-20(2,3)4/h7-11,15H,12-14H2,1-6H3. The molecule has 0 bridgehead atoms. The molecule has 0 saturated carbocycles. The average molecular weight is 428 g/mol. The number of rotatable bonds is 8. The largest absolute Gasteiger partial charge is 0.460 e. The van der Waals surface area contributed by atoms with Gasteiger partial charge in [-0.25, -0.2) is 4.79 Å². The highest BCUT2D eigenvalue weighted by molar-refractivity contribution is 6.17. The van der Waals surface area contributed by atoms with Crippen molar-refractivity contribution in [2.24, 2.45) is 5.41 Å². The Bertz CT molecular complexity index is 699. The summed E-state index contributed by atoms with van der Waals surface area (Å²) in [5, 5.41) is 0. The zero-order valence-corrected chi connectivity index (χ0v) is 18.6. The number of alkyl halides is 1. The molecule has 7 nitrogen and oxygen atoms in total. The smallest absolute Gasteiger partial charge is 0.411 e. The van der Waals surface area contributed by atoms with Gasteiger partial charge in [0, 0.05) is 6.04 Å². The number of hydrogen-bond acceptors (Lipinski definition) is 6. The summed E-state index contributed by atoms with van der Waals surface area (Å²) >= 11 is 5.51. The molecular weight excluding hydrogens is 398 g/mol. The van der Waals surface area contributed by atoms with E-state index in [4.69, 9.17) is 25.8 Å². The van der Waals surface area contributed by atoms with Gasteiger partial charge in [0.25, 0.3) is 0 Å². The van der Waals surface area contributed by atoms with E-state index in [-0.39, 0.29) is 19.2 Å². The lowest BCUT2D eigenvalue weighted by Crippen LogP contribution is -2.52. The lowest BCUT2D eigenvalue weighted by Gasteiger charge is -2.37. The van der Waals surface area contributed by atoms with Crippen LogP contribution in [0.1, 0.15) is 47.1 Å². The van der Waals surface area contributed by atoms with Crippen molar-refractivity contribution in [3.63, 3.8) is 0 Å². The molecule has 0 radical (unpaired) electrons. The fourth-order valence-corrected chi connectivity index (χ4v) is 2.56. The van der Waals surface area contributed by atoms with E-state index in [0.717, 1.165) is 10.5 Å². The van der Waals surface area contributed by atoms with Crippen LogP contribution in [0.2, 0.25) is 0 Å². The van der Waals surface area contributed by atoms with Gasteiger partial charge in [-0.3, -0.25) is 14.5 Å². The van der Waals surface area contributed by atoms with Crippen LogP contribution in [0.25, 0.3) is 0 Å². The van der Waals surface area contributed by atoms with Gasteiger partial charge < -0.3 is 14.2 Å². The van der Waals surface area contributed by atoms with Gasteiger partial charge in [0.05, 0.1) is 5.41 Å². The highest BCUT2D eigenvalue weighted by atomic mass is 35.5. The molecule has 1 aromatic rings. The molecular formula is C21H30ClNO6. The van der Waals surface area contributed by atoms with Crippen LogP contribution in [0.3, 0.4) is 0 Å². The lowest BCUT2D eigenvalue weighted by molar-refractivity contribution is -0.163. The second-order valence-corrected chi connectivity index (χ2v) is 8.41. The molecule has 0 aromatic heterocycles. The molecule has 0 aliphatic heterocycles. The van der Waals surface area contributed by atoms with Crippen molar-refractivity contribution in [2.75, 3.05) is 12.6 Å². The highest BCUT2D eigenvalue weighted by Gasteiger charge is 2.42. The van der Waals surface area contributed by atoms with Crippen molar-refractivity contribution in [1.29, 1.82) is 0 Å². The van der Waals surface area contributed by atoms with Gasteiger partial charge in [-0.05, 0) is 47.1 Å². The average Bonchev–Trinajstić information content (AvgIpc) is 2.63. The Hall–Kier alpha value is -2.28. The minimum Gasteiger partial charge on any atom is -0.460 e. The molecule has 8 heteroatoms. The molecule has 0 aliphatic rings. The number of esters is 2. The third-order valence-corrected chi connectivity index (χ3v) is 4.49. The third kappa shape index (κ3) is 7.93. The van der Waals surface area contributed by atoms with Gasteiger partial charge in [-0.1, -0.05) is 41.9 Å². The summed E-state index contributed by atoms with van der Waals surface area (Å²) in [5.41, 5.74) is -0.995. The van der Waals surface area contributed by atoms with E-state index in [0.29, 0.717) is 0 Å². The second-order valence-electron chi connectivity index (χ2n) is 8.19. The first kappa shape index (κ1) is 24.8. The Morgan fingerprint density at radius 1 is 1.03 bits per heavy atom. The summed E-state index contributed by atoms with van der Waals surface area (Å²) in [5.74, 6) is -1.13. The predicted octanol–water partition coefficient (Wildman–Crippen LogP) is 4.12. The molecule has 0 saturated heterocycles. The van der Waals surface area contributed by atoms with Crippen LogP contribution in [0, 0.1) is 5.41 Å². The molecule has 162 valence electrons. The zero-order chi connectivity index (χ0) is 22.2. The third-order valence-electron chi connectivity index (χ3n) is 4.38. The fraction of sp³-hybridized carbons (Fsp3) is 0.571. The molecule has 0 spiro atoms. The van der Waals surface area contributed by atoms with Gasteiger partial charge in [0.15, 0.2) is 6.07 Å². The molecule has 1 atom stereocenters. The first-order valence-electron chi connectivity index (χ1n) is 9.31. The first-order valence-corrected chi connectivity index (χ1v) is 9.84. The fourth-order valence-electron chi connectivity index (χ4n) is 2.47. The predicted molar refractivity (Wildman–Crippen MR) is 109 cm³/mol. The Kier molecular flexibility index (Phi) is 8.95. The molecule has 0 heterocycles. The van der Waals surface area contributed by atoms with E-state index in [9.17, 15) is 14.4 Å². The number of nitrogens with zero attached hydrogens (tertiary/aromatic N) is 1. The van der Waals surface area contributed by atoms with E-state index in [1.807, 2.05) is 30.3 Å². The normalized spacial score (nSPS) is 12.7. The molecule has 1 rings (SSSR count). The maximum Gasteiger partial charge on any atom is 0.411 e. The molecule has 0 fully saturated rings. The van der Waals surface area contributed by atoms with Gasteiger partial charge in [-0.15, -0.1) is 0 Å². The van der Waals surface area contributed by atoms with E-state index in [2.05, 4.69) is 0 Å². The minimum atomic E-state index is -1.12. The van der Waals surface area contributed by atoms with Crippen LogP contribution in [-0.4, -0.2) is 47.2 Å². The summed E-state index contributed by atoms with van der Waals surface area (Å²) in [6, 6.07) is 8.15. The van der Waals surface area contributed by atoms with Gasteiger partial charge >= 0.3 is 18.0 Å². The van der Waals surface area contributed by atoms with E-state index >= 15 is 0 Å². The van der Waals surface area contributed by atoms with Crippen LogP contribution >= 0.6 is 11.6 Å². The van der Waals surface area contributed by atoms with E-state index in [1.165, 1.54) is 0 Å². The number of halogens is 1. The Morgan fingerprint density at radius 3 is 2.14 bits per heavy atom. The Balaban J connectivity index is 2.92. The minimum absolute atomic E-state index is 0.105. The monoisotopic (exact) mass is 427 g/mol.